The van der Waals surface area contributed by atoms with Gasteiger partial charge in [-0.25, -0.2) is 0 Å². The van der Waals surface area contributed by atoms with Gasteiger partial charge in [-0.2, -0.15) is 0 Å². The summed E-state index contributed by atoms with van der Waals surface area (Å²) in [6.45, 7) is 1.93. The van der Waals surface area contributed by atoms with E-state index in [-0.39, 0.29) is 11.9 Å². The van der Waals surface area contributed by atoms with Gasteiger partial charge < -0.3 is 5.32 Å². The second kappa shape index (κ2) is 6.38. The predicted molar refractivity (Wildman–Crippen MR) is 78.3 cm³/mol. The molecular weight excluding hydrogens is 256 g/mol. The molecule has 0 spiro atoms. The Bertz CT molecular complexity index is 557. The molecule has 1 aromatic carbocycles. The number of rotatable bonds is 4. The number of hydrogen-bond donors (Lipinski definition) is 1. The third kappa shape index (κ3) is 3.35. The average Bonchev–Trinajstić information content (AvgIpc) is 2.48. The Labute approximate surface area is 117 Å². The summed E-state index contributed by atoms with van der Waals surface area (Å²) in [6, 6.07) is 13.2. The lowest BCUT2D eigenvalue weighted by Gasteiger charge is -2.14. The van der Waals surface area contributed by atoms with Gasteiger partial charge in [0.25, 0.3) is 5.91 Å². The van der Waals surface area contributed by atoms with Gasteiger partial charge in [0.1, 0.15) is 0 Å². The number of hydrogen-bond acceptors (Lipinski definition) is 3. The summed E-state index contributed by atoms with van der Waals surface area (Å²) < 4.78 is 0. The molecule has 2 rings (SSSR count). The van der Waals surface area contributed by atoms with E-state index < -0.39 is 0 Å². The summed E-state index contributed by atoms with van der Waals surface area (Å²) >= 11 is 1.57. The molecule has 0 fully saturated rings. The van der Waals surface area contributed by atoms with Crippen molar-refractivity contribution >= 4 is 17.7 Å². The van der Waals surface area contributed by atoms with E-state index in [1.807, 2.05) is 55.6 Å². The summed E-state index contributed by atoms with van der Waals surface area (Å²) in [5, 5.41) is 2.97. The third-order valence-electron chi connectivity index (χ3n) is 2.83. The lowest BCUT2D eigenvalue weighted by Crippen LogP contribution is -2.27. The molecule has 0 bridgehead atoms. The zero-order valence-electron chi connectivity index (χ0n) is 11.0. The van der Waals surface area contributed by atoms with E-state index in [1.165, 1.54) is 0 Å². The second-order valence-corrected chi connectivity index (χ2v) is 5.00. The maximum Gasteiger partial charge on any atom is 0.252 e. The first-order valence-corrected chi connectivity index (χ1v) is 7.29. The highest BCUT2D eigenvalue weighted by atomic mass is 32.2. The van der Waals surface area contributed by atoms with E-state index in [0.717, 1.165) is 10.6 Å². The van der Waals surface area contributed by atoms with Crippen LogP contribution >= 0.6 is 11.8 Å². The summed E-state index contributed by atoms with van der Waals surface area (Å²) in [6.07, 6.45) is 3.70. The Balaban J connectivity index is 2.13. The smallest absolute Gasteiger partial charge is 0.252 e. The summed E-state index contributed by atoms with van der Waals surface area (Å²) in [5.41, 5.74) is 1.57. The number of aromatic nitrogens is 1. The molecule has 1 atom stereocenters. The number of amides is 1. The molecule has 0 saturated heterocycles. The van der Waals surface area contributed by atoms with Crippen LogP contribution in [-0.4, -0.2) is 17.1 Å². The first-order valence-electron chi connectivity index (χ1n) is 6.07. The Kier molecular flexibility index (Phi) is 4.58. The van der Waals surface area contributed by atoms with Crippen molar-refractivity contribution in [3.8, 4) is 0 Å². The highest BCUT2D eigenvalue weighted by molar-refractivity contribution is 7.98. The molecule has 0 saturated carbocycles. The van der Waals surface area contributed by atoms with Crippen molar-refractivity contribution in [3.63, 3.8) is 0 Å². The largest absolute Gasteiger partial charge is 0.344 e. The van der Waals surface area contributed by atoms with E-state index in [1.54, 1.807) is 18.0 Å². The zero-order chi connectivity index (χ0) is 13.7. The van der Waals surface area contributed by atoms with Crippen LogP contribution in [0.4, 0.5) is 0 Å². The van der Waals surface area contributed by atoms with Crippen molar-refractivity contribution < 1.29 is 4.79 Å². The molecule has 19 heavy (non-hydrogen) atoms. The normalized spacial score (nSPS) is 11.9. The Hall–Kier alpha value is -1.81. The summed E-state index contributed by atoms with van der Waals surface area (Å²) in [4.78, 5) is 17.5. The SMILES string of the molecule is CSc1ccccc1C(=O)NC(C)c1ccccn1. The van der Waals surface area contributed by atoms with E-state index in [9.17, 15) is 4.79 Å². The van der Waals surface area contributed by atoms with Gasteiger partial charge in [0.05, 0.1) is 17.3 Å². The van der Waals surface area contributed by atoms with Crippen LogP contribution < -0.4 is 5.32 Å². The van der Waals surface area contributed by atoms with Gasteiger partial charge in [-0.15, -0.1) is 11.8 Å². The number of benzene rings is 1. The zero-order valence-corrected chi connectivity index (χ0v) is 11.8. The molecule has 0 aliphatic rings. The van der Waals surface area contributed by atoms with Crippen LogP contribution in [0.25, 0.3) is 0 Å². The number of nitrogens with zero attached hydrogens (tertiary/aromatic N) is 1. The van der Waals surface area contributed by atoms with Crippen molar-refractivity contribution in [3.05, 3.63) is 59.9 Å². The fourth-order valence-electron chi connectivity index (χ4n) is 1.81. The van der Waals surface area contributed by atoms with E-state index in [2.05, 4.69) is 10.3 Å². The van der Waals surface area contributed by atoms with Crippen LogP contribution in [0.1, 0.15) is 29.0 Å². The fourth-order valence-corrected chi connectivity index (χ4v) is 2.41. The minimum atomic E-state index is -0.108. The minimum absolute atomic E-state index is 0.0666. The quantitative estimate of drug-likeness (QED) is 0.868. The first kappa shape index (κ1) is 13.6. The minimum Gasteiger partial charge on any atom is -0.344 e. The van der Waals surface area contributed by atoms with Crippen LogP contribution in [0.15, 0.2) is 53.6 Å². The van der Waals surface area contributed by atoms with Gasteiger partial charge in [0.15, 0.2) is 0 Å². The Morgan fingerprint density at radius 1 is 1.21 bits per heavy atom. The standard InChI is InChI=1S/C15H16N2OS/c1-11(13-8-5-6-10-16-13)17-15(18)12-7-3-4-9-14(12)19-2/h3-11H,1-2H3,(H,17,18). The molecule has 0 aliphatic carbocycles. The van der Waals surface area contributed by atoms with E-state index in [0.29, 0.717) is 5.56 Å². The van der Waals surface area contributed by atoms with Gasteiger partial charge >= 0.3 is 0 Å². The summed E-state index contributed by atoms with van der Waals surface area (Å²) in [7, 11) is 0. The Morgan fingerprint density at radius 2 is 1.95 bits per heavy atom. The highest BCUT2D eigenvalue weighted by Crippen LogP contribution is 2.20. The summed E-state index contributed by atoms with van der Waals surface area (Å²) in [5.74, 6) is -0.0666. The molecule has 1 aromatic heterocycles. The van der Waals surface area contributed by atoms with Crippen molar-refractivity contribution in [1.29, 1.82) is 0 Å². The predicted octanol–water partition coefficient (Wildman–Crippen LogP) is 3.29. The van der Waals surface area contributed by atoms with E-state index >= 15 is 0 Å². The molecule has 2 aromatic rings. The number of carbonyl (C=O) groups excluding carboxylic acids is 1. The van der Waals surface area contributed by atoms with Crippen molar-refractivity contribution in [2.75, 3.05) is 6.26 Å². The van der Waals surface area contributed by atoms with Crippen molar-refractivity contribution in [2.24, 2.45) is 0 Å². The molecule has 3 nitrogen and oxygen atoms in total. The third-order valence-corrected chi connectivity index (χ3v) is 3.63. The molecule has 1 amide bonds. The number of pyridine rings is 1. The molecular formula is C15H16N2OS. The number of nitrogens with one attached hydrogen (secondary N) is 1. The highest BCUT2D eigenvalue weighted by Gasteiger charge is 2.14. The molecule has 0 aliphatic heterocycles. The topological polar surface area (TPSA) is 42.0 Å². The molecule has 0 radical (unpaired) electrons. The number of carbonyl (C=O) groups is 1. The number of thioether (sulfide) groups is 1. The molecule has 98 valence electrons. The maximum absolute atomic E-state index is 12.3. The first-order chi connectivity index (χ1) is 9.22. The van der Waals surface area contributed by atoms with Gasteiger partial charge in [-0.1, -0.05) is 18.2 Å². The van der Waals surface area contributed by atoms with Gasteiger partial charge in [0, 0.05) is 11.1 Å². The van der Waals surface area contributed by atoms with Gasteiger partial charge in [-0.05, 0) is 37.4 Å². The van der Waals surface area contributed by atoms with Crippen LogP contribution in [0.2, 0.25) is 0 Å². The Morgan fingerprint density at radius 3 is 2.63 bits per heavy atom. The van der Waals surface area contributed by atoms with Crippen molar-refractivity contribution in [2.45, 2.75) is 17.9 Å². The molecule has 1 heterocycles. The van der Waals surface area contributed by atoms with Gasteiger partial charge in [0.2, 0.25) is 0 Å². The lowest BCUT2D eigenvalue weighted by molar-refractivity contribution is 0.0936. The maximum atomic E-state index is 12.3. The molecule has 1 N–H and O–H groups in total. The monoisotopic (exact) mass is 272 g/mol. The molecule has 1 unspecified atom stereocenters. The molecule has 4 heteroatoms. The van der Waals surface area contributed by atoms with Gasteiger partial charge in [-0.3, -0.25) is 9.78 Å². The van der Waals surface area contributed by atoms with Crippen LogP contribution in [0, 0.1) is 0 Å². The van der Waals surface area contributed by atoms with Crippen LogP contribution in [0.3, 0.4) is 0 Å². The average molecular weight is 272 g/mol. The fraction of sp³-hybridized carbons (Fsp3) is 0.200. The second-order valence-electron chi connectivity index (χ2n) is 4.15. The van der Waals surface area contributed by atoms with Crippen molar-refractivity contribution in [1.82, 2.24) is 10.3 Å². The van der Waals surface area contributed by atoms with Crippen LogP contribution in [0.5, 0.6) is 0 Å². The van der Waals surface area contributed by atoms with Crippen LogP contribution in [-0.2, 0) is 0 Å². The van der Waals surface area contributed by atoms with E-state index in [4.69, 9.17) is 0 Å². The lowest BCUT2D eigenvalue weighted by atomic mass is 10.1.